The number of rotatable bonds is 4. The minimum atomic E-state index is -0.502. The van der Waals surface area contributed by atoms with Crippen molar-refractivity contribution < 1.29 is 14.0 Å². The molecule has 2 amide bonds. The molecule has 0 atom stereocenters. The molecule has 0 spiro atoms. The third-order valence-electron chi connectivity index (χ3n) is 2.56. The molecule has 0 aliphatic heterocycles. The number of carbonyl (C=O) groups is 2. The molecule has 0 saturated heterocycles. The van der Waals surface area contributed by atoms with Gasteiger partial charge in [-0.15, -0.1) is 0 Å². The molecule has 0 aliphatic rings. The molecule has 1 aromatic heterocycles. The highest BCUT2D eigenvalue weighted by Crippen LogP contribution is 2.15. The van der Waals surface area contributed by atoms with E-state index in [1.54, 1.807) is 18.2 Å². The molecule has 0 fully saturated rings. The van der Waals surface area contributed by atoms with Gasteiger partial charge in [0.1, 0.15) is 17.0 Å². The van der Waals surface area contributed by atoms with Crippen molar-refractivity contribution in [2.75, 3.05) is 6.54 Å². The Hall–Kier alpha value is -2.50. The highest BCUT2D eigenvalue weighted by atomic mass is 19.1. The molecule has 1 heterocycles. The molecule has 5 nitrogen and oxygen atoms in total. The number of hydrogen-bond acceptors (Lipinski definition) is 3. The van der Waals surface area contributed by atoms with Crippen molar-refractivity contribution in [3.8, 4) is 0 Å². The number of halogens is 1. The third kappa shape index (κ3) is 3.04. The summed E-state index contributed by atoms with van der Waals surface area (Å²) < 4.78 is 13.5. The van der Waals surface area contributed by atoms with Crippen LogP contribution in [0.5, 0.6) is 0 Å². The van der Waals surface area contributed by atoms with Gasteiger partial charge in [-0.2, -0.15) is 0 Å². The lowest BCUT2D eigenvalue weighted by molar-refractivity contribution is -0.117. The molecular weight excluding hydrogens is 249 g/mol. The lowest BCUT2D eigenvalue weighted by Crippen LogP contribution is -2.28. The number of hydrogen-bond donors (Lipinski definition) is 2. The maximum Gasteiger partial charge on any atom is 0.269 e. The minimum absolute atomic E-state index is 0.0493. The first-order valence-electron chi connectivity index (χ1n) is 5.69. The Balaban J connectivity index is 2.18. The number of carbonyl (C=O) groups excluding carboxylic acids is 2. The van der Waals surface area contributed by atoms with Gasteiger partial charge < -0.3 is 11.1 Å². The topological polar surface area (TPSA) is 85.1 Å². The highest BCUT2D eigenvalue weighted by molar-refractivity contribution is 5.95. The van der Waals surface area contributed by atoms with Crippen LogP contribution in [-0.2, 0) is 4.79 Å². The molecule has 3 N–H and O–H groups in total. The van der Waals surface area contributed by atoms with Crippen LogP contribution >= 0.6 is 0 Å². The summed E-state index contributed by atoms with van der Waals surface area (Å²) in [6.07, 6.45) is 0.0493. The Morgan fingerprint density at radius 2 is 2.05 bits per heavy atom. The summed E-state index contributed by atoms with van der Waals surface area (Å²) in [5, 5.41) is 3.11. The van der Waals surface area contributed by atoms with Crippen molar-refractivity contribution in [1.82, 2.24) is 10.3 Å². The van der Waals surface area contributed by atoms with E-state index in [2.05, 4.69) is 10.3 Å². The third-order valence-corrected chi connectivity index (χ3v) is 2.56. The van der Waals surface area contributed by atoms with E-state index in [9.17, 15) is 14.0 Å². The van der Waals surface area contributed by atoms with Gasteiger partial charge in [0.25, 0.3) is 5.91 Å². The van der Waals surface area contributed by atoms with Crippen LogP contribution in [0, 0.1) is 5.82 Å². The van der Waals surface area contributed by atoms with Gasteiger partial charge in [-0.3, -0.25) is 9.59 Å². The monoisotopic (exact) mass is 261 g/mol. The van der Waals surface area contributed by atoms with Crippen molar-refractivity contribution in [1.29, 1.82) is 0 Å². The number of para-hydroxylation sites is 1. The standard InChI is InChI=1S/C13H12FN3O2/c14-9-3-1-2-8-4-5-10(17-12(8)9)13(19)16-7-6-11(15)18/h1-5H,6-7H2,(H2,15,18)(H,16,19). The molecule has 1 aromatic carbocycles. The quantitative estimate of drug-likeness (QED) is 0.860. The summed E-state index contributed by atoms with van der Waals surface area (Å²) in [7, 11) is 0. The van der Waals surface area contributed by atoms with E-state index in [1.165, 1.54) is 12.1 Å². The van der Waals surface area contributed by atoms with Gasteiger partial charge in [0.05, 0.1) is 0 Å². The van der Waals surface area contributed by atoms with Crippen LogP contribution in [0.3, 0.4) is 0 Å². The van der Waals surface area contributed by atoms with E-state index in [0.717, 1.165) is 0 Å². The summed E-state index contributed by atoms with van der Waals surface area (Å²) in [5.41, 5.74) is 5.20. The van der Waals surface area contributed by atoms with Crippen LogP contribution in [0.4, 0.5) is 4.39 Å². The second kappa shape index (κ2) is 5.43. The van der Waals surface area contributed by atoms with E-state index >= 15 is 0 Å². The molecular formula is C13H12FN3O2. The molecule has 19 heavy (non-hydrogen) atoms. The van der Waals surface area contributed by atoms with Gasteiger partial charge in [0.2, 0.25) is 5.91 Å². The van der Waals surface area contributed by atoms with E-state index < -0.39 is 17.6 Å². The molecule has 98 valence electrons. The SMILES string of the molecule is NC(=O)CCNC(=O)c1ccc2cccc(F)c2n1. The van der Waals surface area contributed by atoms with Crippen LogP contribution in [0.2, 0.25) is 0 Å². The van der Waals surface area contributed by atoms with Gasteiger partial charge >= 0.3 is 0 Å². The first-order chi connectivity index (χ1) is 9.08. The summed E-state index contributed by atoms with van der Waals surface area (Å²) in [5.74, 6) is -1.45. The fraction of sp³-hybridized carbons (Fsp3) is 0.154. The molecule has 0 bridgehead atoms. The summed E-state index contributed by atoms with van der Waals surface area (Å²) in [4.78, 5) is 26.2. The van der Waals surface area contributed by atoms with Crippen LogP contribution < -0.4 is 11.1 Å². The average molecular weight is 261 g/mol. The summed E-state index contributed by atoms with van der Waals surface area (Å²) in [6.45, 7) is 0.130. The lowest BCUT2D eigenvalue weighted by Gasteiger charge is -2.05. The highest BCUT2D eigenvalue weighted by Gasteiger charge is 2.09. The van der Waals surface area contributed by atoms with E-state index in [1.807, 2.05) is 0 Å². The number of aromatic nitrogens is 1. The smallest absolute Gasteiger partial charge is 0.269 e. The number of pyridine rings is 1. The zero-order valence-corrected chi connectivity index (χ0v) is 10.0. The fourth-order valence-electron chi connectivity index (χ4n) is 1.63. The van der Waals surface area contributed by atoms with Crippen molar-refractivity contribution in [2.24, 2.45) is 5.73 Å². The fourth-order valence-corrected chi connectivity index (χ4v) is 1.63. The number of benzene rings is 1. The van der Waals surface area contributed by atoms with E-state index in [-0.39, 0.29) is 24.2 Å². The number of fused-ring (bicyclic) bond motifs is 1. The Bertz CT molecular complexity index is 643. The largest absolute Gasteiger partial charge is 0.370 e. The average Bonchev–Trinajstić information content (AvgIpc) is 2.38. The zero-order chi connectivity index (χ0) is 13.8. The van der Waals surface area contributed by atoms with Crippen LogP contribution in [0.25, 0.3) is 10.9 Å². The maximum atomic E-state index is 13.5. The lowest BCUT2D eigenvalue weighted by atomic mass is 10.2. The van der Waals surface area contributed by atoms with Crippen LogP contribution in [-0.4, -0.2) is 23.3 Å². The Labute approximate surface area is 108 Å². The normalized spacial score (nSPS) is 10.4. The number of primary amides is 1. The van der Waals surface area contributed by atoms with Crippen molar-refractivity contribution >= 4 is 22.7 Å². The first kappa shape index (κ1) is 12.9. The van der Waals surface area contributed by atoms with Crippen LogP contribution in [0.1, 0.15) is 16.9 Å². The van der Waals surface area contributed by atoms with E-state index in [4.69, 9.17) is 5.73 Å². The maximum absolute atomic E-state index is 13.5. The predicted octanol–water partition coefficient (Wildman–Crippen LogP) is 0.979. The number of nitrogens with one attached hydrogen (secondary N) is 1. The molecule has 2 rings (SSSR count). The molecule has 2 aromatic rings. The number of nitrogens with two attached hydrogens (primary N) is 1. The first-order valence-corrected chi connectivity index (χ1v) is 5.69. The van der Waals surface area contributed by atoms with Crippen LogP contribution in [0.15, 0.2) is 30.3 Å². The number of nitrogens with zero attached hydrogens (tertiary/aromatic N) is 1. The van der Waals surface area contributed by atoms with Gasteiger partial charge in [-0.05, 0) is 12.1 Å². The molecule has 0 aliphatic carbocycles. The second-order valence-electron chi connectivity index (χ2n) is 3.98. The molecule has 0 saturated carbocycles. The summed E-state index contributed by atoms with van der Waals surface area (Å²) >= 11 is 0. The Morgan fingerprint density at radius 1 is 1.26 bits per heavy atom. The van der Waals surface area contributed by atoms with Crippen molar-refractivity contribution in [2.45, 2.75) is 6.42 Å². The predicted molar refractivity (Wildman–Crippen MR) is 67.8 cm³/mol. The van der Waals surface area contributed by atoms with Crippen molar-refractivity contribution in [3.63, 3.8) is 0 Å². The Morgan fingerprint density at radius 3 is 2.79 bits per heavy atom. The van der Waals surface area contributed by atoms with Gasteiger partial charge in [-0.25, -0.2) is 9.37 Å². The Kier molecular flexibility index (Phi) is 3.70. The minimum Gasteiger partial charge on any atom is -0.370 e. The molecule has 6 heteroatoms. The summed E-state index contributed by atoms with van der Waals surface area (Å²) in [6, 6.07) is 7.69. The van der Waals surface area contributed by atoms with E-state index in [0.29, 0.717) is 5.39 Å². The van der Waals surface area contributed by atoms with Gasteiger partial charge in [0.15, 0.2) is 0 Å². The second-order valence-corrected chi connectivity index (χ2v) is 3.98. The van der Waals surface area contributed by atoms with Crippen molar-refractivity contribution in [3.05, 3.63) is 41.8 Å². The molecule has 0 radical (unpaired) electrons. The number of amides is 2. The van der Waals surface area contributed by atoms with Gasteiger partial charge in [0, 0.05) is 18.4 Å². The zero-order valence-electron chi connectivity index (χ0n) is 10.0. The molecule has 0 unspecified atom stereocenters. The van der Waals surface area contributed by atoms with Gasteiger partial charge in [-0.1, -0.05) is 18.2 Å².